The highest BCUT2D eigenvalue weighted by atomic mass is 19.1. The first-order valence-corrected chi connectivity index (χ1v) is 8.22. The summed E-state index contributed by atoms with van der Waals surface area (Å²) < 4.78 is 21.0. The Hall–Kier alpha value is -3.02. The minimum Gasteiger partial charge on any atom is -0.456 e. The predicted molar refractivity (Wildman–Crippen MR) is 97.0 cm³/mol. The van der Waals surface area contributed by atoms with Crippen LogP contribution in [0.2, 0.25) is 0 Å². The molecule has 6 heteroatoms. The van der Waals surface area contributed by atoms with Crippen molar-refractivity contribution in [2.75, 3.05) is 0 Å². The second-order valence-electron chi connectivity index (χ2n) is 7.04. The highest BCUT2D eigenvalue weighted by Crippen LogP contribution is 2.32. The number of halogens is 1. The third-order valence-corrected chi connectivity index (χ3v) is 3.74. The third kappa shape index (κ3) is 3.79. The highest BCUT2D eigenvalue weighted by molar-refractivity contribution is 5.92. The zero-order chi connectivity index (χ0) is 18.9. The average Bonchev–Trinajstić information content (AvgIpc) is 2.99. The minimum atomic E-state index is -0.577. The van der Waals surface area contributed by atoms with Gasteiger partial charge in [-0.2, -0.15) is 0 Å². The number of hydrogen-bond acceptors (Lipinski definition) is 4. The van der Waals surface area contributed by atoms with Crippen molar-refractivity contribution in [1.29, 1.82) is 0 Å². The van der Waals surface area contributed by atoms with E-state index in [-0.39, 0.29) is 5.82 Å². The van der Waals surface area contributed by atoms with Crippen molar-refractivity contribution in [2.24, 2.45) is 7.05 Å². The summed E-state index contributed by atoms with van der Waals surface area (Å²) in [5.74, 6) is -0.223. The third-order valence-electron chi connectivity index (χ3n) is 3.74. The Labute approximate surface area is 151 Å². The number of aromatic nitrogens is 3. The van der Waals surface area contributed by atoms with E-state index in [0.717, 1.165) is 11.1 Å². The van der Waals surface area contributed by atoms with E-state index in [1.165, 1.54) is 12.1 Å². The second kappa shape index (κ2) is 6.71. The SMILES string of the molecule is Cn1cnnc1-c1cc(F)ccc1-c1cccc(C(=O)OC(C)(C)C)c1. The molecular weight excluding hydrogens is 333 g/mol. The van der Waals surface area contributed by atoms with Crippen molar-refractivity contribution in [3.05, 3.63) is 60.2 Å². The molecule has 3 rings (SSSR count). The zero-order valence-electron chi connectivity index (χ0n) is 15.2. The van der Waals surface area contributed by atoms with E-state index in [4.69, 9.17) is 4.74 Å². The maximum absolute atomic E-state index is 13.8. The van der Waals surface area contributed by atoms with Crippen molar-refractivity contribution in [3.63, 3.8) is 0 Å². The highest BCUT2D eigenvalue weighted by Gasteiger charge is 2.19. The number of esters is 1. The van der Waals surface area contributed by atoms with Crippen LogP contribution < -0.4 is 0 Å². The van der Waals surface area contributed by atoms with Crippen molar-refractivity contribution in [3.8, 4) is 22.5 Å². The van der Waals surface area contributed by atoms with Gasteiger partial charge >= 0.3 is 5.97 Å². The lowest BCUT2D eigenvalue weighted by Gasteiger charge is -2.19. The molecule has 5 nitrogen and oxygen atoms in total. The van der Waals surface area contributed by atoms with Gasteiger partial charge in [0.25, 0.3) is 0 Å². The molecule has 0 radical (unpaired) electrons. The monoisotopic (exact) mass is 353 g/mol. The molecule has 0 saturated carbocycles. The van der Waals surface area contributed by atoms with Gasteiger partial charge in [-0.25, -0.2) is 9.18 Å². The molecule has 0 amide bonds. The zero-order valence-corrected chi connectivity index (χ0v) is 15.2. The van der Waals surface area contributed by atoms with E-state index < -0.39 is 11.6 Å². The smallest absolute Gasteiger partial charge is 0.338 e. The number of benzene rings is 2. The molecule has 0 bridgehead atoms. The maximum atomic E-state index is 13.8. The number of hydrogen-bond donors (Lipinski definition) is 0. The van der Waals surface area contributed by atoms with Gasteiger partial charge in [0.2, 0.25) is 0 Å². The fourth-order valence-electron chi connectivity index (χ4n) is 2.63. The number of aryl methyl sites for hydroxylation is 1. The van der Waals surface area contributed by atoms with Crippen molar-refractivity contribution < 1.29 is 13.9 Å². The molecule has 26 heavy (non-hydrogen) atoms. The van der Waals surface area contributed by atoms with Gasteiger partial charge in [-0.3, -0.25) is 0 Å². The summed E-state index contributed by atoms with van der Waals surface area (Å²) in [5.41, 5.74) is 1.99. The predicted octanol–water partition coefficient (Wildman–Crippen LogP) is 4.24. The molecule has 0 saturated heterocycles. The minimum absolute atomic E-state index is 0.366. The van der Waals surface area contributed by atoms with E-state index >= 15 is 0 Å². The first-order valence-electron chi connectivity index (χ1n) is 8.22. The van der Waals surface area contributed by atoms with Gasteiger partial charge in [0.15, 0.2) is 5.82 Å². The largest absolute Gasteiger partial charge is 0.456 e. The van der Waals surface area contributed by atoms with E-state index in [1.54, 1.807) is 42.2 Å². The Morgan fingerprint density at radius 3 is 2.54 bits per heavy atom. The normalized spacial score (nSPS) is 11.4. The van der Waals surface area contributed by atoms with Crippen LogP contribution >= 0.6 is 0 Å². The molecule has 1 heterocycles. The summed E-state index contributed by atoms with van der Waals surface area (Å²) in [7, 11) is 1.79. The van der Waals surface area contributed by atoms with Gasteiger partial charge in [0, 0.05) is 12.6 Å². The van der Waals surface area contributed by atoms with E-state index in [9.17, 15) is 9.18 Å². The van der Waals surface area contributed by atoms with Crippen LogP contribution in [-0.4, -0.2) is 26.3 Å². The molecule has 0 aliphatic heterocycles. The molecule has 1 aromatic heterocycles. The summed E-state index contributed by atoms with van der Waals surface area (Å²) in [6, 6.07) is 11.5. The summed E-state index contributed by atoms with van der Waals surface area (Å²) in [6.45, 7) is 5.46. The van der Waals surface area contributed by atoms with Crippen molar-refractivity contribution in [1.82, 2.24) is 14.8 Å². The van der Waals surface area contributed by atoms with Crippen molar-refractivity contribution in [2.45, 2.75) is 26.4 Å². The summed E-state index contributed by atoms with van der Waals surface area (Å²) >= 11 is 0. The van der Waals surface area contributed by atoms with Crippen LogP contribution in [0.5, 0.6) is 0 Å². The van der Waals surface area contributed by atoms with Crippen LogP contribution in [0.15, 0.2) is 48.8 Å². The quantitative estimate of drug-likeness (QED) is 0.661. The molecule has 0 aliphatic rings. The van der Waals surface area contributed by atoms with Crippen LogP contribution in [0.3, 0.4) is 0 Å². The van der Waals surface area contributed by atoms with Crippen LogP contribution in [0.25, 0.3) is 22.5 Å². The van der Waals surface area contributed by atoms with Crippen LogP contribution in [0.1, 0.15) is 31.1 Å². The molecule has 0 fully saturated rings. The Balaban J connectivity index is 2.07. The Morgan fingerprint density at radius 1 is 1.12 bits per heavy atom. The standard InChI is InChI=1S/C20H20FN3O2/c1-20(2,3)26-19(25)14-7-5-6-13(10-14)16-9-8-15(21)11-17(16)18-23-22-12-24(18)4/h5-12H,1-4H3. The van der Waals surface area contributed by atoms with E-state index in [1.807, 2.05) is 26.8 Å². The van der Waals surface area contributed by atoms with Crippen LogP contribution in [-0.2, 0) is 11.8 Å². The Kier molecular flexibility index (Phi) is 4.59. The molecule has 2 aromatic carbocycles. The molecule has 0 atom stereocenters. The van der Waals surface area contributed by atoms with E-state index in [2.05, 4.69) is 10.2 Å². The summed E-state index contributed by atoms with van der Waals surface area (Å²) in [4.78, 5) is 12.4. The summed E-state index contributed by atoms with van der Waals surface area (Å²) in [5, 5.41) is 7.94. The topological polar surface area (TPSA) is 57.0 Å². The molecule has 0 N–H and O–H groups in total. The van der Waals surface area contributed by atoms with Gasteiger partial charge in [-0.15, -0.1) is 10.2 Å². The number of rotatable bonds is 3. The fraction of sp³-hybridized carbons (Fsp3) is 0.250. The second-order valence-corrected chi connectivity index (χ2v) is 7.04. The molecular formula is C20H20FN3O2. The van der Waals surface area contributed by atoms with Crippen LogP contribution in [0.4, 0.5) is 4.39 Å². The number of nitrogens with zero attached hydrogens (tertiary/aromatic N) is 3. The first-order chi connectivity index (χ1) is 12.2. The van der Waals surface area contributed by atoms with Gasteiger partial charge < -0.3 is 9.30 Å². The molecule has 134 valence electrons. The van der Waals surface area contributed by atoms with E-state index in [0.29, 0.717) is 17.0 Å². The molecule has 3 aromatic rings. The lowest BCUT2D eigenvalue weighted by molar-refractivity contribution is 0.00696. The average molecular weight is 353 g/mol. The van der Waals surface area contributed by atoms with Gasteiger partial charge in [0.1, 0.15) is 17.7 Å². The molecule has 0 aliphatic carbocycles. The van der Waals surface area contributed by atoms with Gasteiger partial charge in [0.05, 0.1) is 5.56 Å². The summed E-state index contributed by atoms with van der Waals surface area (Å²) in [6.07, 6.45) is 1.56. The number of carbonyl (C=O) groups excluding carboxylic acids is 1. The molecule has 0 unspecified atom stereocenters. The Bertz CT molecular complexity index is 958. The Morgan fingerprint density at radius 2 is 1.88 bits per heavy atom. The molecule has 0 spiro atoms. The number of carbonyl (C=O) groups is 1. The first kappa shape index (κ1) is 17.8. The lowest BCUT2D eigenvalue weighted by atomic mass is 9.97. The maximum Gasteiger partial charge on any atom is 0.338 e. The van der Waals surface area contributed by atoms with Crippen molar-refractivity contribution >= 4 is 5.97 Å². The van der Waals surface area contributed by atoms with Crippen LogP contribution in [0, 0.1) is 5.82 Å². The fourth-order valence-corrected chi connectivity index (χ4v) is 2.63. The van der Waals surface area contributed by atoms with Gasteiger partial charge in [-0.05, 0) is 56.2 Å². The number of ether oxygens (including phenoxy) is 1. The lowest BCUT2D eigenvalue weighted by Crippen LogP contribution is -2.23. The van der Waals surface area contributed by atoms with Gasteiger partial charge in [-0.1, -0.05) is 18.2 Å².